The van der Waals surface area contributed by atoms with Crippen LogP contribution in [0.25, 0.3) is 11.4 Å². The Morgan fingerprint density at radius 2 is 2.11 bits per heavy atom. The van der Waals surface area contributed by atoms with Gasteiger partial charge in [-0.1, -0.05) is 6.92 Å². The van der Waals surface area contributed by atoms with E-state index in [4.69, 9.17) is 0 Å². The molecule has 2 aromatic rings. The van der Waals surface area contributed by atoms with E-state index in [1.54, 1.807) is 11.3 Å². The van der Waals surface area contributed by atoms with Gasteiger partial charge in [-0.05, 0) is 42.3 Å². The summed E-state index contributed by atoms with van der Waals surface area (Å²) in [6.45, 7) is 7.16. The summed E-state index contributed by atoms with van der Waals surface area (Å²) < 4.78 is 1.10. The second-order valence-electron chi connectivity index (χ2n) is 4.17. The van der Waals surface area contributed by atoms with Crippen molar-refractivity contribution < 1.29 is 0 Å². The minimum Gasteiger partial charge on any atom is -0.370 e. The van der Waals surface area contributed by atoms with Crippen LogP contribution >= 0.6 is 27.3 Å². The largest absolute Gasteiger partial charge is 0.370 e. The maximum Gasteiger partial charge on any atom is 0.162 e. The van der Waals surface area contributed by atoms with Crippen molar-refractivity contribution in [3.05, 3.63) is 26.5 Å². The van der Waals surface area contributed by atoms with Gasteiger partial charge in [0, 0.05) is 28.7 Å². The fraction of sp³-hybridized carbons (Fsp3) is 0.385. The average molecular weight is 326 g/mol. The Hall–Kier alpha value is -0.940. The number of hydrogen-bond acceptors (Lipinski definition) is 4. The summed E-state index contributed by atoms with van der Waals surface area (Å²) in [5, 5.41) is 5.43. The maximum absolute atomic E-state index is 4.62. The molecule has 0 amide bonds. The van der Waals surface area contributed by atoms with Crippen LogP contribution in [0.15, 0.2) is 15.2 Å². The lowest BCUT2D eigenvalue weighted by Crippen LogP contribution is -2.07. The van der Waals surface area contributed by atoms with E-state index < -0.39 is 0 Å². The first kappa shape index (κ1) is 13.5. The van der Waals surface area contributed by atoms with Crippen molar-refractivity contribution in [3.63, 3.8) is 0 Å². The summed E-state index contributed by atoms with van der Waals surface area (Å²) in [5.74, 6) is 1.74. The molecule has 96 valence electrons. The smallest absolute Gasteiger partial charge is 0.162 e. The van der Waals surface area contributed by atoms with Crippen LogP contribution in [0.4, 0.5) is 5.82 Å². The van der Waals surface area contributed by atoms with Gasteiger partial charge in [0.15, 0.2) is 5.82 Å². The van der Waals surface area contributed by atoms with Crippen LogP contribution in [-0.2, 0) is 0 Å². The van der Waals surface area contributed by atoms with Crippen LogP contribution in [0.1, 0.15) is 24.6 Å². The number of aryl methyl sites for hydroxylation is 1. The van der Waals surface area contributed by atoms with E-state index in [-0.39, 0.29) is 0 Å². The Morgan fingerprint density at radius 1 is 1.33 bits per heavy atom. The van der Waals surface area contributed by atoms with E-state index in [1.165, 1.54) is 0 Å². The van der Waals surface area contributed by atoms with Gasteiger partial charge in [-0.3, -0.25) is 0 Å². The second-order valence-corrected chi connectivity index (χ2v) is 6.46. The van der Waals surface area contributed by atoms with Gasteiger partial charge in [0.05, 0.1) is 3.79 Å². The number of nitrogens with zero attached hydrogens (tertiary/aromatic N) is 2. The topological polar surface area (TPSA) is 37.8 Å². The zero-order valence-corrected chi connectivity index (χ0v) is 13.2. The predicted octanol–water partition coefficient (Wildman–Crippen LogP) is 4.41. The standard InChI is InChI=1S/C13H16BrN3S/c1-4-5-15-12-8(2)9(3)16-13(17-12)10-6-11(14)18-7-10/h6-7H,4-5H2,1-3H3,(H,15,16,17). The molecule has 18 heavy (non-hydrogen) atoms. The van der Waals surface area contributed by atoms with Crippen LogP contribution in [0.3, 0.4) is 0 Å². The van der Waals surface area contributed by atoms with Gasteiger partial charge < -0.3 is 5.32 Å². The van der Waals surface area contributed by atoms with Crippen LogP contribution in [0, 0.1) is 13.8 Å². The van der Waals surface area contributed by atoms with Gasteiger partial charge >= 0.3 is 0 Å². The summed E-state index contributed by atoms with van der Waals surface area (Å²) in [5.41, 5.74) is 3.22. The Balaban J connectivity index is 2.40. The van der Waals surface area contributed by atoms with Crippen molar-refractivity contribution in [3.8, 4) is 11.4 Å². The first-order chi connectivity index (χ1) is 8.61. The van der Waals surface area contributed by atoms with E-state index in [0.29, 0.717) is 0 Å². The zero-order valence-electron chi connectivity index (χ0n) is 10.7. The first-order valence-corrected chi connectivity index (χ1v) is 7.62. The van der Waals surface area contributed by atoms with E-state index in [0.717, 1.165) is 45.2 Å². The number of hydrogen-bond donors (Lipinski definition) is 1. The monoisotopic (exact) mass is 325 g/mol. The quantitative estimate of drug-likeness (QED) is 0.904. The van der Waals surface area contributed by atoms with Gasteiger partial charge in [-0.2, -0.15) is 0 Å². The van der Waals surface area contributed by atoms with Gasteiger partial charge in [0.25, 0.3) is 0 Å². The Morgan fingerprint density at radius 3 is 2.72 bits per heavy atom. The predicted molar refractivity (Wildman–Crippen MR) is 81.3 cm³/mol. The van der Waals surface area contributed by atoms with Gasteiger partial charge in [0.2, 0.25) is 0 Å². The van der Waals surface area contributed by atoms with Crippen LogP contribution in [0.5, 0.6) is 0 Å². The lowest BCUT2D eigenvalue weighted by atomic mass is 10.2. The molecule has 1 N–H and O–H groups in total. The molecule has 0 unspecified atom stereocenters. The number of halogens is 1. The highest BCUT2D eigenvalue weighted by Crippen LogP contribution is 2.28. The molecule has 0 atom stereocenters. The lowest BCUT2D eigenvalue weighted by molar-refractivity contribution is 0.955. The molecule has 2 heterocycles. The van der Waals surface area contributed by atoms with Crippen molar-refractivity contribution in [2.75, 3.05) is 11.9 Å². The molecule has 2 rings (SSSR count). The summed E-state index contributed by atoms with van der Waals surface area (Å²) in [4.78, 5) is 9.18. The fourth-order valence-electron chi connectivity index (χ4n) is 1.60. The SMILES string of the molecule is CCCNc1nc(-c2csc(Br)c2)nc(C)c1C. The molecule has 0 aromatic carbocycles. The highest BCUT2D eigenvalue weighted by molar-refractivity contribution is 9.11. The molecule has 0 aliphatic heterocycles. The second kappa shape index (κ2) is 5.80. The van der Waals surface area contributed by atoms with Crippen molar-refractivity contribution in [1.29, 1.82) is 0 Å². The molecule has 0 fully saturated rings. The molecule has 0 aliphatic carbocycles. The molecule has 0 aliphatic rings. The summed E-state index contributed by atoms with van der Waals surface area (Å²) in [7, 11) is 0. The summed E-state index contributed by atoms with van der Waals surface area (Å²) in [6.07, 6.45) is 1.09. The maximum atomic E-state index is 4.62. The molecule has 2 aromatic heterocycles. The summed E-state index contributed by atoms with van der Waals surface area (Å²) >= 11 is 5.12. The molecule has 3 nitrogen and oxygen atoms in total. The van der Waals surface area contributed by atoms with Crippen molar-refractivity contribution >= 4 is 33.1 Å². The third-order valence-electron chi connectivity index (χ3n) is 2.76. The number of thiophene rings is 1. The first-order valence-electron chi connectivity index (χ1n) is 5.95. The van der Waals surface area contributed by atoms with E-state index in [1.807, 2.05) is 6.92 Å². The number of nitrogens with one attached hydrogen (secondary N) is 1. The Kier molecular flexibility index (Phi) is 4.35. The third-order valence-corrected chi connectivity index (χ3v) is 4.26. The van der Waals surface area contributed by atoms with Crippen LogP contribution < -0.4 is 5.32 Å². The molecular formula is C13H16BrN3S. The minimum atomic E-state index is 0.790. The Labute approximate surface area is 120 Å². The molecule has 5 heteroatoms. The number of aromatic nitrogens is 2. The van der Waals surface area contributed by atoms with E-state index >= 15 is 0 Å². The van der Waals surface area contributed by atoms with E-state index in [2.05, 4.69) is 56.5 Å². The van der Waals surface area contributed by atoms with Gasteiger partial charge in [0.1, 0.15) is 5.82 Å². The van der Waals surface area contributed by atoms with Gasteiger partial charge in [-0.15, -0.1) is 11.3 Å². The molecule has 0 saturated heterocycles. The average Bonchev–Trinajstić information content (AvgIpc) is 2.77. The van der Waals surface area contributed by atoms with Crippen molar-refractivity contribution in [2.45, 2.75) is 27.2 Å². The highest BCUT2D eigenvalue weighted by Gasteiger charge is 2.10. The zero-order chi connectivity index (χ0) is 13.1. The summed E-state index contributed by atoms with van der Waals surface area (Å²) in [6, 6.07) is 2.05. The normalized spacial score (nSPS) is 10.7. The molecule has 0 bridgehead atoms. The van der Waals surface area contributed by atoms with E-state index in [9.17, 15) is 0 Å². The highest BCUT2D eigenvalue weighted by atomic mass is 79.9. The van der Waals surface area contributed by atoms with Crippen molar-refractivity contribution in [2.24, 2.45) is 0 Å². The van der Waals surface area contributed by atoms with Crippen molar-refractivity contribution in [1.82, 2.24) is 9.97 Å². The molecule has 0 radical (unpaired) electrons. The molecule has 0 saturated carbocycles. The Bertz CT molecular complexity index is 551. The fourth-order valence-corrected chi connectivity index (χ4v) is 2.74. The third kappa shape index (κ3) is 2.90. The lowest BCUT2D eigenvalue weighted by Gasteiger charge is -2.11. The molecular weight excluding hydrogens is 310 g/mol. The number of rotatable bonds is 4. The van der Waals surface area contributed by atoms with Crippen LogP contribution in [0.2, 0.25) is 0 Å². The number of anilines is 1. The van der Waals surface area contributed by atoms with Gasteiger partial charge in [-0.25, -0.2) is 9.97 Å². The minimum absolute atomic E-state index is 0.790. The van der Waals surface area contributed by atoms with Crippen LogP contribution in [-0.4, -0.2) is 16.5 Å². The molecule has 0 spiro atoms.